The molecule has 0 spiro atoms. The number of nitrogens with zero attached hydrogens (tertiary/aromatic N) is 3. The second-order valence-corrected chi connectivity index (χ2v) is 10.5. The molecule has 1 saturated carbocycles. The van der Waals surface area contributed by atoms with Gasteiger partial charge < -0.3 is 16.0 Å². The molecule has 4 rings (SSSR count). The summed E-state index contributed by atoms with van der Waals surface area (Å²) in [5.41, 5.74) is 10.1. The highest BCUT2D eigenvalue weighted by Crippen LogP contribution is 2.37. The molecule has 1 aromatic heterocycles. The lowest BCUT2D eigenvalue weighted by molar-refractivity contribution is 0.0909. The van der Waals surface area contributed by atoms with Crippen LogP contribution in [0.4, 0.5) is 5.69 Å². The van der Waals surface area contributed by atoms with Gasteiger partial charge in [-0.15, -0.1) is 0 Å². The molecule has 1 heterocycles. The maximum absolute atomic E-state index is 12.8. The van der Waals surface area contributed by atoms with Gasteiger partial charge in [0.1, 0.15) is 0 Å². The largest absolute Gasteiger partial charge is 0.382 e. The first-order chi connectivity index (χ1) is 15.1. The summed E-state index contributed by atoms with van der Waals surface area (Å²) in [6.45, 7) is 6.13. The summed E-state index contributed by atoms with van der Waals surface area (Å²) < 4.78 is 1.88. The lowest BCUT2D eigenvalue weighted by atomic mass is 9.75. The molecular formula is C25H35N5O2. The Kier molecular flexibility index (Phi) is 5.88. The van der Waals surface area contributed by atoms with E-state index >= 15 is 0 Å². The van der Waals surface area contributed by atoms with E-state index in [0.29, 0.717) is 24.1 Å². The first kappa shape index (κ1) is 22.5. The van der Waals surface area contributed by atoms with E-state index in [0.717, 1.165) is 60.4 Å². The van der Waals surface area contributed by atoms with Gasteiger partial charge in [0.2, 0.25) is 0 Å². The normalized spacial score (nSPS) is 22.6. The number of aryl methyl sites for hydroxylation is 1. The fraction of sp³-hybridized carbons (Fsp3) is 0.560. The van der Waals surface area contributed by atoms with Crippen LogP contribution in [0.25, 0.3) is 5.69 Å². The minimum atomic E-state index is -0.448. The number of Topliss-reactive ketones (excluding diaryl/α,β-unsaturated/α-hetero) is 1. The number of ketones is 1. The number of nitrogens with one attached hydrogen (secondary N) is 1. The zero-order valence-electron chi connectivity index (χ0n) is 19.9. The van der Waals surface area contributed by atoms with Crippen molar-refractivity contribution in [2.24, 2.45) is 11.1 Å². The van der Waals surface area contributed by atoms with Crippen molar-refractivity contribution in [2.45, 2.75) is 71.4 Å². The van der Waals surface area contributed by atoms with Crippen LogP contribution in [0.15, 0.2) is 18.2 Å². The third kappa shape index (κ3) is 4.31. The highest BCUT2D eigenvalue weighted by molar-refractivity contribution is 6.00. The van der Waals surface area contributed by atoms with E-state index in [1.54, 1.807) is 6.07 Å². The molecule has 1 aromatic carbocycles. The predicted octanol–water partition coefficient (Wildman–Crippen LogP) is 3.72. The standard InChI is InChI=1S/C25H35N5O2/c1-15-23-21(13-25(2,3)14-22(23)31)30(28-15)18-10-11-19(24(26)32)20(12-18)27-16-6-8-17(9-7-16)29(4)5/h10-12,16-17,27H,6-9,13-14H2,1-5H3,(H2,26,32)/t16-,17-. The van der Waals surface area contributed by atoms with Gasteiger partial charge in [0, 0.05) is 24.2 Å². The van der Waals surface area contributed by atoms with Crippen molar-refractivity contribution < 1.29 is 9.59 Å². The summed E-state index contributed by atoms with van der Waals surface area (Å²) in [6, 6.07) is 6.50. The van der Waals surface area contributed by atoms with Crippen LogP contribution in [0.2, 0.25) is 0 Å². The number of fused-ring (bicyclic) bond motifs is 1. The van der Waals surface area contributed by atoms with Crippen LogP contribution in [0.5, 0.6) is 0 Å². The van der Waals surface area contributed by atoms with E-state index in [-0.39, 0.29) is 11.2 Å². The third-order valence-corrected chi connectivity index (χ3v) is 7.02. The minimum Gasteiger partial charge on any atom is -0.382 e. The van der Waals surface area contributed by atoms with Crippen LogP contribution in [0.3, 0.4) is 0 Å². The molecule has 3 N–H and O–H groups in total. The molecule has 0 aliphatic heterocycles. The highest BCUT2D eigenvalue weighted by atomic mass is 16.1. The van der Waals surface area contributed by atoms with Gasteiger partial charge in [0.05, 0.1) is 28.2 Å². The molecule has 0 radical (unpaired) electrons. The zero-order chi connectivity index (χ0) is 23.2. The number of nitrogens with two attached hydrogens (primary N) is 1. The van der Waals surface area contributed by atoms with Gasteiger partial charge in [-0.1, -0.05) is 13.8 Å². The number of amides is 1. The van der Waals surface area contributed by atoms with Crippen LogP contribution < -0.4 is 11.1 Å². The summed E-state index contributed by atoms with van der Waals surface area (Å²) in [5, 5.41) is 8.30. The fourth-order valence-corrected chi connectivity index (χ4v) is 5.31. The quantitative estimate of drug-likeness (QED) is 0.744. The highest BCUT2D eigenvalue weighted by Gasteiger charge is 2.36. The number of aromatic nitrogens is 2. The Morgan fingerprint density at radius 3 is 2.50 bits per heavy atom. The summed E-state index contributed by atoms with van der Waals surface area (Å²) in [6.07, 6.45) is 5.66. The third-order valence-electron chi connectivity index (χ3n) is 7.02. The molecule has 2 aliphatic carbocycles. The van der Waals surface area contributed by atoms with Crippen LogP contribution in [0.1, 0.15) is 78.1 Å². The number of hydrogen-bond acceptors (Lipinski definition) is 5. The monoisotopic (exact) mass is 437 g/mol. The van der Waals surface area contributed by atoms with Crippen LogP contribution in [-0.2, 0) is 6.42 Å². The number of hydrogen-bond donors (Lipinski definition) is 2. The van der Waals surface area contributed by atoms with E-state index in [1.807, 2.05) is 23.7 Å². The van der Waals surface area contributed by atoms with Gasteiger partial charge in [-0.2, -0.15) is 5.10 Å². The van der Waals surface area contributed by atoms with Crippen molar-refractivity contribution in [1.82, 2.24) is 14.7 Å². The van der Waals surface area contributed by atoms with Gasteiger partial charge in [0.25, 0.3) is 5.91 Å². The number of carbonyl (C=O) groups is 2. The van der Waals surface area contributed by atoms with Crippen molar-refractivity contribution in [3.05, 3.63) is 40.7 Å². The summed E-state index contributed by atoms with van der Waals surface area (Å²) in [4.78, 5) is 27.2. The SMILES string of the molecule is Cc1nn(-c2ccc(C(N)=O)c(N[C@H]3CC[C@H](N(C)C)CC3)c2)c2c1C(=O)CC(C)(C)C2. The second kappa shape index (κ2) is 8.35. The average Bonchev–Trinajstić information content (AvgIpc) is 3.03. The Morgan fingerprint density at radius 1 is 1.19 bits per heavy atom. The Bertz CT molecular complexity index is 1040. The van der Waals surface area contributed by atoms with Gasteiger partial charge in [-0.05, 0) is 76.7 Å². The number of primary amides is 1. The molecule has 0 atom stereocenters. The van der Waals surface area contributed by atoms with Crippen LogP contribution in [0, 0.1) is 12.3 Å². The summed E-state index contributed by atoms with van der Waals surface area (Å²) >= 11 is 0. The van der Waals surface area contributed by atoms with E-state index in [4.69, 9.17) is 10.8 Å². The number of carbonyl (C=O) groups excluding carboxylic acids is 2. The molecule has 0 bridgehead atoms. The van der Waals surface area contributed by atoms with Crippen molar-refractivity contribution in [2.75, 3.05) is 19.4 Å². The predicted molar refractivity (Wildman–Crippen MR) is 127 cm³/mol. The van der Waals surface area contributed by atoms with Crippen LogP contribution >= 0.6 is 0 Å². The summed E-state index contributed by atoms with van der Waals surface area (Å²) in [5.74, 6) is -0.291. The average molecular weight is 438 g/mol. The molecule has 1 fully saturated rings. The molecule has 7 heteroatoms. The molecule has 0 saturated heterocycles. The Hall–Kier alpha value is -2.67. The molecule has 172 valence electrons. The molecular weight excluding hydrogens is 402 g/mol. The minimum absolute atomic E-state index is 0.104. The Labute approximate surface area is 190 Å². The second-order valence-electron chi connectivity index (χ2n) is 10.5. The number of rotatable bonds is 5. The maximum atomic E-state index is 12.8. The van der Waals surface area contributed by atoms with Crippen molar-refractivity contribution in [1.29, 1.82) is 0 Å². The van der Waals surface area contributed by atoms with Crippen molar-refractivity contribution in [3.63, 3.8) is 0 Å². The van der Waals surface area contributed by atoms with E-state index < -0.39 is 5.91 Å². The first-order valence-corrected chi connectivity index (χ1v) is 11.5. The topological polar surface area (TPSA) is 93.2 Å². The van der Waals surface area contributed by atoms with Gasteiger partial charge >= 0.3 is 0 Å². The van der Waals surface area contributed by atoms with E-state index in [1.165, 1.54) is 0 Å². The Morgan fingerprint density at radius 2 is 1.88 bits per heavy atom. The van der Waals surface area contributed by atoms with Gasteiger partial charge in [-0.3, -0.25) is 9.59 Å². The van der Waals surface area contributed by atoms with E-state index in [2.05, 4.69) is 38.2 Å². The van der Waals surface area contributed by atoms with Gasteiger partial charge in [-0.25, -0.2) is 4.68 Å². The molecule has 0 unspecified atom stereocenters. The van der Waals surface area contributed by atoms with Crippen molar-refractivity contribution >= 4 is 17.4 Å². The number of benzene rings is 1. The first-order valence-electron chi connectivity index (χ1n) is 11.5. The summed E-state index contributed by atoms with van der Waals surface area (Å²) in [7, 11) is 4.26. The van der Waals surface area contributed by atoms with Crippen molar-refractivity contribution in [3.8, 4) is 5.69 Å². The van der Waals surface area contributed by atoms with Gasteiger partial charge in [0.15, 0.2) is 5.78 Å². The molecule has 1 amide bonds. The Balaban J connectivity index is 1.67. The molecule has 32 heavy (non-hydrogen) atoms. The molecule has 7 nitrogen and oxygen atoms in total. The maximum Gasteiger partial charge on any atom is 0.250 e. The lowest BCUT2D eigenvalue weighted by Crippen LogP contribution is -2.36. The number of anilines is 1. The smallest absolute Gasteiger partial charge is 0.250 e. The fourth-order valence-electron chi connectivity index (χ4n) is 5.31. The van der Waals surface area contributed by atoms with E-state index in [9.17, 15) is 9.59 Å². The van der Waals surface area contributed by atoms with Crippen LogP contribution in [-0.4, -0.2) is 52.5 Å². The molecule has 2 aromatic rings. The zero-order valence-corrected chi connectivity index (χ0v) is 19.9. The lowest BCUT2D eigenvalue weighted by Gasteiger charge is -2.33. The molecule has 2 aliphatic rings.